The van der Waals surface area contributed by atoms with E-state index in [0.717, 1.165) is 19.3 Å². The maximum absolute atomic E-state index is 12.7. The Morgan fingerprint density at radius 1 is 1.05 bits per heavy atom. The number of hydrogen-bond donors (Lipinski definition) is 2. The van der Waals surface area contributed by atoms with Crippen molar-refractivity contribution >= 4 is 6.03 Å². The summed E-state index contributed by atoms with van der Waals surface area (Å²) in [7, 11) is 0. The molecule has 2 heterocycles. The average Bonchev–Trinajstić information content (AvgIpc) is 3.00. The summed E-state index contributed by atoms with van der Waals surface area (Å²) in [6.07, 6.45) is 0.256. The van der Waals surface area contributed by atoms with E-state index in [4.69, 9.17) is 4.74 Å². The van der Waals surface area contributed by atoms with Crippen molar-refractivity contribution in [2.75, 3.05) is 0 Å². The maximum Gasteiger partial charge on any atom is 0.391 e. The third-order valence-corrected chi connectivity index (χ3v) is 4.89. The molecule has 2 N–H and O–H groups in total. The van der Waals surface area contributed by atoms with Crippen molar-refractivity contribution in [3.63, 3.8) is 0 Å². The SMILES string of the molecule is O=C(N[C@@H]1CCC[C@H](C(F)(F)F)C1)N[C@H]1C[C@H]2CC[C@H]1O2. The molecule has 3 fully saturated rings. The molecule has 0 radical (unpaired) electrons. The first kappa shape index (κ1) is 14.9. The molecule has 120 valence electrons. The van der Waals surface area contributed by atoms with Gasteiger partial charge in [-0.3, -0.25) is 0 Å². The standard InChI is InChI=1S/C14H21F3N2O2/c15-14(16,17)8-2-1-3-9(6-8)18-13(20)19-11-7-10-4-5-12(11)21-10/h8-12H,1-7H2,(H2,18,19,20)/t8-,9+,10+,11-,12+/m0/s1. The number of alkyl halides is 3. The van der Waals surface area contributed by atoms with Crippen LogP contribution in [-0.4, -0.2) is 36.5 Å². The number of halogens is 3. The molecular weight excluding hydrogens is 285 g/mol. The summed E-state index contributed by atoms with van der Waals surface area (Å²) in [4.78, 5) is 11.9. The zero-order chi connectivity index (χ0) is 15.0. The van der Waals surface area contributed by atoms with E-state index in [1.807, 2.05) is 0 Å². The van der Waals surface area contributed by atoms with Crippen molar-refractivity contribution in [1.29, 1.82) is 0 Å². The molecule has 0 aromatic heterocycles. The molecule has 4 nitrogen and oxygen atoms in total. The number of ether oxygens (including phenoxy) is 1. The van der Waals surface area contributed by atoms with Crippen molar-refractivity contribution in [3.8, 4) is 0 Å². The second kappa shape index (κ2) is 5.66. The van der Waals surface area contributed by atoms with E-state index < -0.39 is 12.1 Å². The molecule has 3 aliphatic rings. The quantitative estimate of drug-likeness (QED) is 0.824. The number of urea groups is 1. The Morgan fingerprint density at radius 2 is 1.86 bits per heavy atom. The smallest absolute Gasteiger partial charge is 0.373 e. The first-order valence-corrected chi connectivity index (χ1v) is 7.71. The normalized spacial score (nSPS) is 39.3. The van der Waals surface area contributed by atoms with Gasteiger partial charge < -0.3 is 15.4 Å². The molecule has 1 saturated carbocycles. The van der Waals surface area contributed by atoms with Gasteiger partial charge in [-0.05, 0) is 38.5 Å². The Bertz CT molecular complexity index is 402. The van der Waals surface area contributed by atoms with E-state index in [-0.39, 0.29) is 43.2 Å². The lowest BCUT2D eigenvalue weighted by Crippen LogP contribution is -2.50. The fraction of sp³-hybridized carbons (Fsp3) is 0.929. The van der Waals surface area contributed by atoms with Gasteiger partial charge in [-0.25, -0.2) is 4.79 Å². The summed E-state index contributed by atoms with van der Waals surface area (Å²) in [5.74, 6) is -1.29. The minimum atomic E-state index is -4.16. The van der Waals surface area contributed by atoms with Gasteiger partial charge in [0.05, 0.1) is 24.2 Å². The van der Waals surface area contributed by atoms with E-state index in [0.29, 0.717) is 12.8 Å². The van der Waals surface area contributed by atoms with Crippen molar-refractivity contribution in [3.05, 3.63) is 0 Å². The van der Waals surface area contributed by atoms with Gasteiger partial charge >= 0.3 is 12.2 Å². The van der Waals surface area contributed by atoms with Gasteiger partial charge in [0, 0.05) is 6.04 Å². The average molecular weight is 306 g/mol. The number of amides is 2. The predicted molar refractivity (Wildman–Crippen MR) is 69.8 cm³/mol. The molecular formula is C14H21F3N2O2. The van der Waals surface area contributed by atoms with Crippen LogP contribution in [0.2, 0.25) is 0 Å². The zero-order valence-electron chi connectivity index (χ0n) is 11.8. The summed E-state index contributed by atoms with van der Waals surface area (Å²) in [5.41, 5.74) is 0. The molecule has 0 aromatic rings. The molecule has 2 bridgehead atoms. The van der Waals surface area contributed by atoms with Crippen LogP contribution < -0.4 is 10.6 Å². The van der Waals surface area contributed by atoms with Crippen molar-refractivity contribution in [2.45, 2.75) is 75.4 Å². The van der Waals surface area contributed by atoms with Crippen molar-refractivity contribution in [1.82, 2.24) is 10.6 Å². The molecule has 2 saturated heterocycles. The number of rotatable bonds is 2. The minimum absolute atomic E-state index is 0.00533. The van der Waals surface area contributed by atoms with Crippen molar-refractivity contribution in [2.24, 2.45) is 5.92 Å². The fourth-order valence-corrected chi connectivity index (χ4v) is 3.80. The van der Waals surface area contributed by atoms with Crippen LogP contribution in [0.1, 0.15) is 44.9 Å². The van der Waals surface area contributed by atoms with Crippen LogP contribution in [0.3, 0.4) is 0 Å². The van der Waals surface area contributed by atoms with E-state index in [2.05, 4.69) is 10.6 Å². The van der Waals surface area contributed by atoms with Crippen LogP contribution in [0.25, 0.3) is 0 Å². The van der Waals surface area contributed by atoms with E-state index >= 15 is 0 Å². The van der Waals surface area contributed by atoms with E-state index in [1.165, 1.54) is 0 Å². The Kier molecular flexibility index (Phi) is 4.03. The molecule has 2 aliphatic heterocycles. The molecule has 0 aromatic carbocycles. The van der Waals surface area contributed by atoms with Gasteiger partial charge in [0.1, 0.15) is 0 Å². The highest BCUT2D eigenvalue weighted by Crippen LogP contribution is 2.37. The summed E-state index contributed by atoms with van der Waals surface area (Å²) in [5, 5.41) is 5.56. The molecule has 21 heavy (non-hydrogen) atoms. The van der Waals surface area contributed by atoms with Crippen molar-refractivity contribution < 1.29 is 22.7 Å². The van der Waals surface area contributed by atoms with Gasteiger partial charge in [0.25, 0.3) is 0 Å². The second-order valence-corrected chi connectivity index (χ2v) is 6.44. The third-order valence-electron chi connectivity index (χ3n) is 4.89. The Balaban J connectivity index is 1.46. The third kappa shape index (κ3) is 3.44. The largest absolute Gasteiger partial charge is 0.391 e. The number of hydrogen-bond acceptors (Lipinski definition) is 2. The van der Waals surface area contributed by atoms with Gasteiger partial charge in [-0.1, -0.05) is 6.42 Å². The minimum Gasteiger partial charge on any atom is -0.373 e. The highest BCUT2D eigenvalue weighted by Gasteiger charge is 2.43. The van der Waals surface area contributed by atoms with Crippen LogP contribution in [0.15, 0.2) is 0 Å². The van der Waals surface area contributed by atoms with Crippen LogP contribution in [0.4, 0.5) is 18.0 Å². The summed E-state index contributed by atoms with van der Waals surface area (Å²) in [6, 6.07) is -0.736. The van der Waals surface area contributed by atoms with Crippen LogP contribution in [0, 0.1) is 5.92 Å². The monoisotopic (exact) mass is 306 g/mol. The van der Waals surface area contributed by atoms with Gasteiger partial charge in [-0.15, -0.1) is 0 Å². The van der Waals surface area contributed by atoms with Crippen LogP contribution >= 0.6 is 0 Å². The summed E-state index contributed by atoms with van der Waals surface area (Å²) < 4.78 is 43.9. The number of carbonyl (C=O) groups excluding carboxylic acids is 1. The Labute approximate surface area is 121 Å². The zero-order valence-corrected chi connectivity index (χ0v) is 11.8. The fourth-order valence-electron chi connectivity index (χ4n) is 3.80. The summed E-state index contributed by atoms with van der Waals surface area (Å²) >= 11 is 0. The molecule has 0 unspecified atom stereocenters. The first-order chi connectivity index (χ1) is 9.91. The lowest BCUT2D eigenvalue weighted by Gasteiger charge is -2.31. The number of fused-ring (bicyclic) bond motifs is 2. The molecule has 5 atom stereocenters. The molecule has 1 aliphatic carbocycles. The Hall–Kier alpha value is -0.980. The molecule has 3 rings (SSSR count). The second-order valence-electron chi connectivity index (χ2n) is 6.44. The van der Waals surface area contributed by atoms with Gasteiger partial charge in [0.15, 0.2) is 0 Å². The van der Waals surface area contributed by atoms with E-state index in [1.54, 1.807) is 0 Å². The summed E-state index contributed by atoms with van der Waals surface area (Å²) in [6.45, 7) is 0. The Morgan fingerprint density at radius 3 is 2.48 bits per heavy atom. The van der Waals surface area contributed by atoms with Crippen LogP contribution in [0.5, 0.6) is 0 Å². The lowest BCUT2D eigenvalue weighted by atomic mass is 9.85. The van der Waals surface area contributed by atoms with Gasteiger partial charge in [-0.2, -0.15) is 13.2 Å². The highest BCUT2D eigenvalue weighted by atomic mass is 19.4. The number of nitrogens with one attached hydrogen (secondary N) is 2. The highest BCUT2D eigenvalue weighted by molar-refractivity contribution is 5.74. The van der Waals surface area contributed by atoms with E-state index in [9.17, 15) is 18.0 Å². The number of carbonyl (C=O) groups is 1. The molecule has 7 heteroatoms. The maximum atomic E-state index is 12.7. The molecule has 2 amide bonds. The molecule has 0 spiro atoms. The first-order valence-electron chi connectivity index (χ1n) is 7.71. The predicted octanol–water partition coefficient (Wildman–Crippen LogP) is 2.73. The van der Waals surface area contributed by atoms with Gasteiger partial charge in [0.2, 0.25) is 0 Å². The van der Waals surface area contributed by atoms with Crippen LogP contribution in [-0.2, 0) is 4.74 Å². The lowest BCUT2D eigenvalue weighted by molar-refractivity contribution is -0.183. The topological polar surface area (TPSA) is 50.4 Å².